The summed E-state index contributed by atoms with van der Waals surface area (Å²) in [6, 6.07) is 8.87. The average Bonchev–Trinajstić information content (AvgIpc) is 2.50. The zero-order valence-electron chi connectivity index (χ0n) is 11.2. The molecule has 2 unspecified atom stereocenters. The summed E-state index contributed by atoms with van der Waals surface area (Å²) in [6.45, 7) is 3.44. The molecule has 0 radical (unpaired) electrons. The van der Waals surface area contributed by atoms with Gasteiger partial charge in [-0.2, -0.15) is 0 Å². The summed E-state index contributed by atoms with van der Waals surface area (Å²) in [4.78, 5) is 22.2. The first-order chi connectivity index (χ1) is 9.54. The third kappa shape index (κ3) is 6.15. The van der Waals surface area contributed by atoms with Crippen molar-refractivity contribution in [3.63, 3.8) is 0 Å². The van der Waals surface area contributed by atoms with Crippen molar-refractivity contribution in [2.45, 2.75) is 25.9 Å². The van der Waals surface area contributed by atoms with Gasteiger partial charge in [0, 0.05) is 5.56 Å². The van der Waals surface area contributed by atoms with Crippen molar-refractivity contribution in [2.24, 2.45) is 0 Å². The topological polar surface area (TPSA) is 58.2 Å². The summed E-state index contributed by atoms with van der Waals surface area (Å²) >= 11 is 7.45. The Morgan fingerprint density at radius 1 is 1.20 bits per heavy atom. The van der Waals surface area contributed by atoms with E-state index in [1.54, 1.807) is 13.8 Å². The van der Waals surface area contributed by atoms with Crippen LogP contribution in [0, 0.1) is 0 Å². The first-order valence-electron chi connectivity index (χ1n) is 5.98. The molecule has 0 aliphatic rings. The van der Waals surface area contributed by atoms with Gasteiger partial charge in [-0.05, 0) is 37.7 Å². The zero-order chi connectivity index (χ0) is 15.0. The van der Waals surface area contributed by atoms with Crippen LogP contribution in [0.25, 0.3) is 0 Å². The van der Waals surface area contributed by atoms with Crippen molar-refractivity contribution < 1.29 is 9.59 Å². The van der Waals surface area contributed by atoms with Crippen LogP contribution in [0.2, 0.25) is 0 Å². The predicted molar refractivity (Wildman–Crippen MR) is 89.6 cm³/mol. The van der Waals surface area contributed by atoms with Gasteiger partial charge in [0.1, 0.15) is 6.29 Å². The van der Waals surface area contributed by atoms with Crippen LogP contribution in [0.1, 0.15) is 19.4 Å². The van der Waals surface area contributed by atoms with Crippen LogP contribution in [0.15, 0.2) is 30.3 Å². The molecule has 1 aromatic rings. The van der Waals surface area contributed by atoms with E-state index in [-0.39, 0.29) is 17.2 Å². The van der Waals surface area contributed by atoms with Crippen molar-refractivity contribution in [2.75, 3.05) is 0 Å². The molecule has 1 aromatic carbocycles. The summed E-state index contributed by atoms with van der Waals surface area (Å²) in [5.41, 5.74) is 0.944. The monoisotopic (exact) mass is 328 g/mol. The number of carbonyl (C=O) groups is 2. The van der Waals surface area contributed by atoms with Crippen molar-refractivity contribution >= 4 is 51.7 Å². The Hall–Kier alpha value is -0.730. The van der Waals surface area contributed by atoms with Gasteiger partial charge >= 0.3 is 0 Å². The van der Waals surface area contributed by atoms with Gasteiger partial charge in [0.25, 0.3) is 0 Å². The number of thiocarbonyl (C=S) groups is 1. The minimum absolute atomic E-state index is 0.0953. The molecule has 0 fully saturated rings. The van der Waals surface area contributed by atoms with Crippen LogP contribution >= 0.6 is 36.1 Å². The van der Waals surface area contributed by atoms with Gasteiger partial charge in [0.15, 0.2) is 0 Å². The Bertz CT molecular complexity index is 468. The Labute approximate surface area is 132 Å². The van der Waals surface area contributed by atoms with Gasteiger partial charge < -0.3 is 4.79 Å². The van der Waals surface area contributed by atoms with Gasteiger partial charge in [-0.15, -0.1) is 0 Å². The molecule has 0 spiro atoms. The molecule has 1 rings (SSSR count). The first-order valence-corrected chi connectivity index (χ1v) is 8.02. The molecule has 0 bridgehead atoms. The van der Waals surface area contributed by atoms with Crippen LogP contribution in [0.4, 0.5) is 0 Å². The van der Waals surface area contributed by atoms with Crippen molar-refractivity contribution in [3.05, 3.63) is 35.9 Å². The molecule has 0 saturated heterocycles. The number of benzene rings is 1. The smallest absolute Gasteiger partial charge is 0.221 e. The second kappa shape index (κ2) is 9.25. The van der Waals surface area contributed by atoms with Crippen molar-refractivity contribution in [1.29, 1.82) is 0 Å². The van der Waals surface area contributed by atoms with Gasteiger partial charge in [-0.3, -0.25) is 4.79 Å². The molecule has 7 heteroatoms. The molecule has 0 aliphatic heterocycles. The third-order valence-electron chi connectivity index (χ3n) is 2.24. The van der Waals surface area contributed by atoms with E-state index in [0.29, 0.717) is 4.20 Å². The van der Waals surface area contributed by atoms with Crippen LogP contribution in [0.3, 0.4) is 0 Å². The number of hydrogen-bond donors (Lipinski definition) is 2. The molecule has 2 N–H and O–H groups in total. The van der Waals surface area contributed by atoms with Gasteiger partial charge in [0.2, 0.25) is 5.12 Å². The minimum atomic E-state index is -0.377. The SMILES string of the molecule is CC(C=O)NSC(=O)C(C)NSC(=S)c1ccccc1. The predicted octanol–water partition coefficient (Wildman–Crippen LogP) is 2.34. The molecule has 0 aliphatic carbocycles. The lowest BCUT2D eigenvalue weighted by molar-refractivity contribution is -0.112. The molecule has 20 heavy (non-hydrogen) atoms. The van der Waals surface area contributed by atoms with Gasteiger partial charge in [0.05, 0.1) is 16.3 Å². The van der Waals surface area contributed by atoms with E-state index in [4.69, 9.17) is 12.2 Å². The van der Waals surface area contributed by atoms with Crippen molar-refractivity contribution in [3.8, 4) is 0 Å². The van der Waals surface area contributed by atoms with Gasteiger partial charge in [-0.25, -0.2) is 9.44 Å². The highest BCUT2D eigenvalue weighted by atomic mass is 32.2. The van der Waals surface area contributed by atoms with E-state index >= 15 is 0 Å². The Morgan fingerprint density at radius 3 is 2.45 bits per heavy atom. The maximum Gasteiger partial charge on any atom is 0.221 e. The summed E-state index contributed by atoms with van der Waals surface area (Å²) in [7, 11) is 0. The van der Waals surface area contributed by atoms with E-state index < -0.39 is 0 Å². The third-order valence-corrected chi connectivity index (χ3v) is 4.66. The fraction of sp³-hybridized carbons (Fsp3) is 0.308. The van der Waals surface area contributed by atoms with E-state index in [9.17, 15) is 9.59 Å². The molecule has 0 saturated carbocycles. The van der Waals surface area contributed by atoms with Crippen LogP contribution < -0.4 is 9.44 Å². The van der Waals surface area contributed by atoms with Crippen LogP contribution in [-0.2, 0) is 9.59 Å². The normalized spacial score (nSPS) is 13.5. The molecule has 2 atom stereocenters. The average molecular weight is 328 g/mol. The lowest BCUT2D eigenvalue weighted by Crippen LogP contribution is -2.32. The minimum Gasteiger partial charge on any atom is -0.302 e. The largest absolute Gasteiger partial charge is 0.302 e. The highest BCUT2D eigenvalue weighted by molar-refractivity contribution is 8.22. The van der Waals surface area contributed by atoms with E-state index in [2.05, 4.69) is 9.44 Å². The Kier molecular flexibility index (Phi) is 8.01. The van der Waals surface area contributed by atoms with Crippen LogP contribution in [0.5, 0.6) is 0 Å². The second-order valence-corrected chi connectivity index (χ2v) is 6.42. The van der Waals surface area contributed by atoms with E-state index in [1.807, 2.05) is 30.3 Å². The quantitative estimate of drug-likeness (QED) is 0.452. The lowest BCUT2D eigenvalue weighted by Gasteiger charge is -2.13. The van der Waals surface area contributed by atoms with E-state index in [1.165, 1.54) is 11.9 Å². The molecular weight excluding hydrogens is 312 g/mol. The molecular formula is C13H16N2O2S3. The molecule has 4 nitrogen and oxygen atoms in total. The summed E-state index contributed by atoms with van der Waals surface area (Å²) in [5.74, 6) is 0. The highest BCUT2D eigenvalue weighted by Gasteiger charge is 2.15. The number of rotatable bonds is 7. The number of nitrogens with one attached hydrogen (secondary N) is 2. The number of carbonyl (C=O) groups excluding carboxylic acids is 2. The fourth-order valence-corrected chi connectivity index (χ4v) is 2.68. The Balaban J connectivity index is 2.35. The standard InChI is InChI=1S/C13H16N2O2S3/c1-9(8-16)14-19-12(17)10(2)15-20-13(18)11-6-4-3-5-7-11/h3-10,14-15H,1-2H3. The summed E-state index contributed by atoms with van der Waals surface area (Å²) in [5, 5.41) is -0.0953. The molecule has 108 valence electrons. The fourth-order valence-electron chi connectivity index (χ4n) is 1.09. The summed E-state index contributed by atoms with van der Waals surface area (Å²) < 4.78 is 6.43. The lowest BCUT2D eigenvalue weighted by atomic mass is 10.2. The Morgan fingerprint density at radius 2 is 1.85 bits per heavy atom. The maximum absolute atomic E-state index is 11.8. The molecule has 0 amide bonds. The molecule has 0 heterocycles. The zero-order valence-corrected chi connectivity index (χ0v) is 13.6. The van der Waals surface area contributed by atoms with E-state index in [0.717, 1.165) is 23.8 Å². The number of hydrogen-bond acceptors (Lipinski definition) is 7. The van der Waals surface area contributed by atoms with Gasteiger partial charge in [-0.1, -0.05) is 42.5 Å². The highest BCUT2D eigenvalue weighted by Crippen LogP contribution is 2.13. The maximum atomic E-state index is 11.8. The van der Waals surface area contributed by atoms with Crippen molar-refractivity contribution in [1.82, 2.24) is 9.44 Å². The second-order valence-electron chi connectivity index (χ2n) is 4.06. The first kappa shape index (κ1) is 17.3. The summed E-state index contributed by atoms with van der Waals surface area (Å²) in [6.07, 6.45) is 0.748. The van der Waals surface area contributed by atoms with Crippen LogP contribution in [-0.4, -0.2) is 27.7 Å². The number of aldehydes is 1. The molecule has 0 aromatic heterocycles.